The van der Waals surface area contributed by atoms with Gasteiger partial charge < -0.3 is 9.84 Å². The molecule has 1 aliphatic carbocycles. The Bertz CT molecular complexity index is 609. The summed E-state index contributed by atoms with van der Waals surface area (Å²) in [6.07, 6.45) is 9.50. The minimum absolute atomic E-state index is 0.637. The maximum absolute atomic E-state index is 13.0. The molecule has 3 nitrogen and oxygen atoms in total. The second-order valence-corrected chi connectivity index (χ2v) is 5.87. The first-order valence-electron chi connectivity index (χ1n) is 8.14. The van der Waals surface area contributed by atoms with Crippen molar-refractivity contribution in [2.45, 2.75) is 44.8 Å². The molecule has 0 fully saturated rings. The molecule has 1 aromatic carbocycles. The lowest BCUT2D eigenvalue weighted by Crippen LogP contribution is -2.31. The SMILES string of the molecule is CCCCCc1ccccc1C1(OC(F)F)C=CC(C(=O)O)C=C1. The number of unbranched alkanes of at least 4 members (excludes halogenated alkanes) is 2. The van der Waals surface area contributed by atoms with Gasteiger partial charge in [-0.15, -0.1) is 0 Å². The van der Waals surface area contributed by atoms with Crippen molar-refractivity contribution >= 4 is 5.97 Å². The zero-order chi connectivity index (χ0) is 17.6. The average molecular weight is 336 g/mol. The fourth-order valence-corrected chi connectivity index (χ4v) is 2.93. The van der Waals surface area contributed by atoms with Crippen LogP contribution < -0.4 is 0 Å². The lowest BCUT2D eigenvalue weighted by Gasteiger charge is -2.32. The first-order chi connectivity index (χ1) is 11.5. The Kier molecular flexibility index (Phi) is 6.26. The Morgan fingerprint density at radius 2 is 1.92 bits per heavy atom. The van der Waals surface area contributed by atoms with E-state index in [0.29, 0.717) is 5.56 Å². The second-order valence-electron chi connectivity index (χ2n) is 5.87. The predicted molar refractivity (Wildman–Crippen MR) is 87.8 cm³/mol. The van der Waals surface area contributed by atoms with E-state index in [9.17, 15) is 13.6 Å². The minimum Gasteiger partial charge on any atom is -0.481 e. The van der Waals surface area contributed by atoms with Crippen LogP contribution in [0.15, 0.2) is 48.6 Å². The summed E-state index contributed by atoms with van der Waals surface area (Å²) in [5, 5.41) is 9.07. The molecular weight excluding hydrogens is 314 g/mol. The van der Waals surface area contributed by atoms with Crippen molar-refractivity contribution in [3.05, 3.63) is 59.7 Å². The van der Waals surface area contributed by atoms with Gasteiger partial charge in [-0.3, -0.25) is 4.79 Å². The van der Waals surface area contributed by atoms with E-state index < -0.39 is 24.1 Å². The number of ether oxygens (including phenoxy) is 1. The van der Waals surface area contributed by atoms with Gasteiger partial charge in [0.1, 0.15) is 5.60 Å². The fourth-order valence-electron chi connectivity index (χ4n) is 2.93. The third-order valence-electron chi connectivity index (χ3n) is 4.16. The van der Waals surface area contributed by atoms with E-state index in [1.165, 1.54) is 24.3 Å². The molecule has 130 valence electrons. The van der Waals surface area contributed by atoms with Crippen LogP contribution in [-0.4, -0.2) is 17.7 Å². The highest BCUT2D eigenvalue weighted by molar-refractivity contribution is 5.75. The van der Waals surface area contributed by atoms with Gasteiger partial charge >= 0.3 is 12.6 Å². The topological polar surface area (TPSA) is 46.5 Å². The van der Waals surface area contributed by atoms with E-state index >= 15 is 0 Å². The van der Waals surface area contributed by atoms with Crippen LogP contribution >= 0.6 is 0 Å². The Labute approximate surface area is 140 Å². The predicted octanol–water partition coefficient (Wildman–Crippen LogP) is 4.68. The molecule has 2 rings (SSSR count). The van der Waals surface area contributed by atoms with Crippen molar-refractivity contribution in [1.82, 2.24) is 0 Å². The van der Waals surface area contributed by atoms with Gasteiger partial charge in [-0.2, -0.15) is 8.78 Å². The molecule has 0 atom stereocenters. The van der Waals surface area contributed by atoms with E-state index in [0.717, 1.165) is 31.2 Å². The summed E-state index contributed by atoms with van der Waals surface area (Å²) in [5.74, 6) is -1.85. The highest BCUT2D eigenvalue weighted by Crippen LogP contribution is 2.37. The summed E-state index contributed by atoms with van der Waals surface area (Å²) in [5.41, 5.74) is 0.149. The Morgan fingerprint density at radius 1 is 1.25 bits per heavy atom. The number of carboxylic acid groups (broad SMARTS) is 1. The average Bonchev–Trinajstić information content (AvgIpc) is 2.55. The van der Waals surface area contributed by atoms with Crippen LogP contribution in [0.4, 0.5) is 8.78 Å². The summed E-state index contributed by atoms with van der Waals surface area (Å²) in [4.78, 5) is 11.1. The van der Waals surface area contributed by atoms with Crippen LogP contribution in [0, 0.1) is 5.92 Å². The van der Waals surface area contributed by atoms with Crippen molar-refractivity contribution in [2.24, 2.45) is 5.92 Å². The molecule has 1 N–H and O–H groups in total. The number of hydrogen-bond acceptors (Lipinski definition) is 2. The minimum atomic E-state index is -2.97. The number of carboxylic acids is 1. The number of rotatable bonds is 8. The summed E-state index contributed by atoms with van der Waals surface area (Å²) in [7, 11) is 0. The molecule has 0 heterocycles. The standard InChI is InChI=1S/C19H22F2O3/c1-2-3-4-7-14-8-5-6-9-16(14)19(24-18(20)21)12-10-15(11-13-19)17(22)23/h5-6,8-13,15,18H,2-4,7H2,1H3,(H,22,23). The van der Waals surface area contributed by atoms with Crippen LogP contribution in [0.5, 0.6) is 0 Å². The van der Waals surface area contributed by atoms with E-state index in [1.807, 2.05) is 12.1 Å². The maximum atomic E-state index is 13.0. The summed E-state index contributed by atoms with van der Waals surface area (Å²) in [6, 6.07) is 7.32. The fraction of sp³-hybridized carbons (Fsp3) is 0.421. The first-order valence-corrected chi connectivity index (χ1v) is 8.14. The number of hydrogen-bond donors (Lipinski definition) is 1. The smallest absolute Gasteiger partial charge is 0.346 e. The molecule has 0 saturated carbocycles. The third kappa shape index (κ3) is 4.29. The zero-order valence-corrected chi connectivity index (χ0v) is 13.6. The lowest BCUT2D eigenvalue weighted by atomic mass is 9.83. The van der Waals surface area contributed by atoms with Gasteiger partial charge in [0.25, 0.3) is 0 Å². The largest absolute Gasteiger partial charge is 0.481 e. The van der Waals surface area contributed by atoms with Crippen molar-refractivity contribution in [3.8, 4) is 0 Å². The van der Waals surface area contributed by atoms with Gasteiger partial charge in [-0.05, 0) is 36.1 Å². The molecule has 5 heteroatoms. The Hall–Kier alpha value is -2.01. The summed E-state index contributed by atoms with van der Waals surface area (Å²) >= 11 is 0. The van der Waals surface area contributed by atoms with Gasteiger partial charge in [0, 0.05) is 0 Å². The molecule has 24 heavy (non-hydrogen) atoms. The van der Waals surface area contributed by atoms with Crippen molar-refractivity contribution in [1.29, 1.82) is 0 Å². The molecule has 0 aromatic heterocycles. The molecule has 0 aliphatic heterocycles. The van der Waals surface area contributed by atoms with E-state index in [1.54, 1.807) is 12.1 Å². The second kappa shape index (κ2) is 8.20. The number of aryl methyl sites for hydroxylation is 1. The summed E-state index contributed by atoms with van der Waals surface area (Å²) < 4.78 is 31.0. The summed E-state index contributed by atoms with van der Waals surface area (Å²) in [6.45, 7) is -0.865. The third-order valence-corrected chi connectivity index (χ3v) is 4.16. The quantitative estimate of drug-likeness (QED) is 0.554. The first kappa shape index (κ1) is 18.3. The normalized spacial score (nSPS) is 22.9. The van der Waals surface area contributed by atoms with Crippen molar-refractivity contribution in [2.75, 3.05) is 0 Å². The molecule has 1 aliphatic rings. The van der Waals surface area contributed by atoms with Crippen LogP contribution in [-0.2, 0) is 21.6 Å². The Morgan fingerprint density at radius 3 is 2.50 bits per heavy atom. The van der Waals surface area contributed by atoms with E-state index in [2.05, 4.69) is 6.92 Å². The number of aliphatic carboxylic acids is 1. The monoisotopic (exact) mass is 336 g/mol. The van der Waals surface area contributed by atoms with Gasteiger partial charge in [0.05, 0.1) is 5.92 Å². The molecule has 1 aromatic rings. The molecule has 0 saturated heterocycles. The maximum Gasteiger partial charge on any atom is 0.346 e. The molecular formula is C19H22F2O3. The van der Waals surface area contributed by atoms with Gasteiger partial charge in [-0.25, -0.2) is 0 Å². The molecule has 0 bridgehead atoms. The number of carbonyl (C=O) groups is 1. The van der Waals surface area contributed by atoms with Crippen molar-refractivity contribution in [3.63, 3.8) is 0 Å². The van der Waals surface area contributed by atoms with E-state index in [-0.39, 0.29) is 0 Å². The van der Waals surface area contributed by atoms with E-state index in [4.69, 9.17) is 9.84 Å². The lowest BCUT2D eigenvalue weighted by molar-refractivity contribution is -0.180. The van der Waals surface area contributed by atoms with Crippen LogP contribution in [0.2, 0.25) is 0 Å². The molecule has 0 unspecified atom stereocenters. The number of halogens is 2. The number of benzene rings is 1. The van der Waals surface area contributed by atoms with Gasteiger partial charge in [0.15, 0.2) is 0 Å². The van der Waals surface area contributed by atoms with Crippen LogP contribution in [0.25, 0.3) is 0 Å². The van der Waals surface area contributed by atoms with Crippen LogP contribution in [0.3, 0.4) is 0 Å². The number of alkyl halides is 2. The van der Waals surface area contributed by atoms with Crippen molar-refractivity contribution < 1.29 is 23.4 Å². The van der Waals surface area contributed by atoms with Gasteiger partial charge in [-0.1, -0.05) is 56.2 Å². The van der Waals surface area contributed by atoms with Gasteiger partial charge in [0.2, 0.25) is 0 Å². The highest BCUT2D eigenvalue weighted by atomic mass is 19.3. The molecule has 0 amide bonds. The molecule has 0 spiro atoms. The highest BCUT2D eigenvalue weighted by Gasteiger charge is 2.36. The Balaban J connectivity index is 2.38. The zero-order valence-electron chi connectivity index (χ0n) is 13.6. The van der Waals surface area contributed by atoms with Crippen LogP contribution in [0.1, 0.15) is 37.3 Å². The molecule has 0 radical (unpaired) electrons.